The molecule has 2 saturated heterocycles. The van der Waals surface area contributed by atoms with E-state index in [-0.39, 0.29) is 36.4 Å². The summed E-state index contributed by atoms with van der Waals surface area (Å²) in [6, 6.07) is 9.44. The summed E-state index contributed by atoms with van der Waals surface area (Å²) in [7, 11) is 0. The molecule has 0 aliphatic carbocycles. The van der Waals surface area contributed by atoms with Gasteiger partial charge in [-0.15, -0.1) is 12.4 Å². The van der Waals surface area contributed by atoms with E-state index in [0.717, 1.165) is 37.7 Å². The van der Waals surface area contributed by atoms with Crippen LogP contribution in [0.2, 0.25) is 0 Å². The van der Waals surface area contributed by atoms with Crippen molar-refractivity contribution in [3.8, 4) is 0 Å². The number of amides is 2. The van der Waals surface area contributed by atoms with Gasteiger partial charge in [-0.1, -0.05) is 30.3 Å². The molecule has 0 radical (unpaired) electrons. The molecule has 2 fully saturated rings. The Kier molecular flexibility index (Phi) is 9.22. The lowest BCUT2D eigenvalue weighted by molar-refractivity contribution is -0.145. The molecule has 0 bridgehead atoms. The first-order valence-electron chi connectivity index (χ1n) is 10.1. The molecule has 2 aliphatic rings. The average molecular weight is 410 g/mol. The summed E-state index contributed by atoms with van der Waals surface area (Å²) in [5, 5.41) is 0. The van der Waals surface area contributed by atoms with E-state index in [1.807, 2.05) is 35.2 Å². The van der Waals surface area contributed by atoms with Gasteiger partial charge in [-0.3, -0.25) is 9.59 Å². The number of rotatable bonds is 7. The SMILES string of the molecule is Cl.NCCCOC1CCN(C(=O)C2CCCN2C(=O)Cc2ccccc2)CC1. The van der Waals surface area contributed by atoms with Crippen LogP contribution < -0.4 is 5.73 Å². The third-order valence-corrected chi connectivity index (χ3v) is 5.51. The first-order valence-corrected chi connectivity index (χ1v) is 10.1. The van der Waals surface area contributed by atoms with Gasteiger partial charge in [0.25, 0.3) is 0 Å². The van der Waals surface area contributed by atoms with Gasteiger partial charge < -0.3 is 20.3 Å². The van der Waals surface area contributed by atoms with Gasteiger partial charge in [0.15, 0.2) is 0 Å². The van der Waals surface area contributed by atoms with Crippen molar-refractivity contribution in [1.82, 2.24) is 9.80 Å². The average Bonchev–Trinajstić information content (AvgIpc) is 3.19. The summed E-state index contributed by atoms with van der Waals surface area (Å²) in [5.41, 5.74) is 6.49. The monoisotopic (exact) mass is 409 g/mol. The Bertz CT molecular complexity index is 621. The summed E-state index contributed by atoms with van der Waals surface area (Å²) < 4.78 is 5.82. The second-order valence-corrected chi connectivity index (χ2v) is 7.45. The highest BCUT2D eigenvalue weighted by Gasteiger charge is 2.37. The van der Waals surface area contributed by atoms with E-state index in [2.05, 4.69) is 0 Å². The van der Waals surface area contributed by atoms with Crippen LogP contribution in [0.1, 0.15) is 37.7 Å². The molecule has 7 heteroatoms. The quantitative estimate of drug-likeness (QED) is 0.699. The summed E-state index contributed by atoms with van der Waals surface area (Å²) >= 11 is 0. The largest absolute Gasteiger partial charge is 0.378 e. The number of halogens is 1. The number of hydrogen-bond donors (Lipinski definition) is 1. The van der Waals surface area contributed by atoms with Crippen molar-refractivity contribution in [3.05, 3.63) is 35.9 Å². The second-order valence-electron chi connectivity index (χ2n) is 7.45. The van der Waals surface area contributed by atoms with Gasteiger partial charge in [-0.05, 0) is 44.2 Å². The first kappa shape index (κ1) is 22.7. The zero-order valence-corrected chi connectivity index (χ0v) is 17.2. The molecule has 2 heterocycles. The number of nitrogens with two attached hydrogens (primary N) is 1. The molecule has 1 aromatic rings. The van der Waals surface area contributed by atoms with Crippen LogP contribution in [-0.4, -0.2) is 66.5 Å². The second kappa shape index (κ2) is 11.4. The van der Waals surface area contributed by atoms with Crippen LogP contribution in [0.4, 0.5) is 0 Å². The molecule has 156 valence electrons. The van der Waals surface area contributed by atoms with E-state index in [0.29, 0.717) is 39.2 Å². The number of carbonyl (C=O) groups excluding carboxylic acids is 2. The van der Waals surface area contributed by atoms with E-state index in [1.165, 1.54) is 0 Å². The smallest absolute Gasteiger partial charge is 0.245 e. The van der Waals surface area contributed by atoms with Crippen LogP contribution in [0, 0.1) is 0 Å². The zero-order valence-electron chi connectivity index (χ0n) is 16.4. The number of benzene rings is 1. The maximum absolute atomic E-state index is 13.0. The van der Waals surface area contributed by atoms with E-state index in [1.54, 1.807) is 4.90 Å². The van der Waals surface area contributed by atoms with Crippen LogP contribution in [0.3, 0.4) is 0 Å². The van der Waals surface area contributed by atoms with Crippen molar-refractivity contribution >= 4 is 24.2 Å². The van der Waals surface area contributed by atoms with E-state index >= 15 is 0 Å². The summed E-state index contributed by atoms with van der Waals surface area (Å²) in [6.07, 6.45) is 4.85. The molecular weight excluding hydrogens is 378 g/mol. The van der Waals surface area contributed by atoms with Crippen LogP contribution in [-0.2, 0) is 20.7 Å². The fraction of sp³-hybridized carbons (Fsp3) is 0.619. The number of ether oxygens (including phenoxy) is 1. The van der Waals surface area contributed by atoms with Gasteiger partial charge in [-0.2, -0.15) is 0 Å². The highest BCUT2D eigenvalue weighted by molar-refractivity contribution is 5.89. The maximum atomic E-state index is 13.0. The number of nitrogens with zero attached hydrogens (tertiary/aromatic N) is 2. The lowest BCUT2D eigenvalue weighted by Gasteiger charge is -2.35. The standard InChI is InChI=1S/C21H31N3O3.ClH/c22-11-5-15-27-18-9-13-23(14-10-18)21(26)19-8-4-12-24(19)20(25)16-17-6-2-1-3-7-17;/h1-3,6-7,18-19H,4-5,8-16,22H2;1H. The molecular formula is C21H32ClN3O3. The normalized spacial score (nSPS) is 20.1. The lowest BCUT2D eigenvalue weighted by Crippen LogP contribution is -2.51. The number of likely N-dealkylation sites (tertiary alicyclic amines) is 2. The van der Waals surface area contributed by atoms with Crippen molar-refractivity contribution < 1.29 is 14.3 Å². The molecule has 0 spiro atoms. The maximum Gasteiger partial charge on any atom is 0.245 e. The Morgan fingerprint density at radius 3 is 2.46 bits per heavy atom. The van der Waals surface area contributed by atoms with Crippen LogP contribution >= 0.6 is 12.4 Å². The Morgan fingerprint density at radius 1 is 1.07 bits per heavy atom. The molecule has 6 nitrogen and oxygen atoms in total. The molecule has 1 aromatic carbocycles. The fourth-order valence-electron chi connectivity index (χ4n) is 3.98. The predicted molar refractivity (Wildman–Crippen MR) is 111 cm³/mol. The van der Waals surface area contributed by atoms with Crippen molar-refractivity contribution in [2.24, 2.45) is 5.73 Å². The number of hydrogen-bond acceptors (Lipinski definition) is 4. The molecule has 1 unspecified atom stereocenters. The van der Waals surface area contributed by atoms with Gasteiger partial charge in [0, 0.05) is 26.2 Å². The van der Waals surface area contributed by atoms with Crippen molar-refractivity contribution in [1.29, 1.82) is 0 Å². The molecule has 28 heavy (non-hydrogen) atoms. The van der Waals surface area contributed by atoms with Crippen molar-refractivity contribution in [2.75, 3.05) is 32.8 Å². The zero-order chi connectivity index (χ0) is 19.1. The van der Waals surface area contributed by atoms with Gasteiger partial charge in [0.05, 0.1) is 12.5 Å². The topological polar surface area (TPSA) is 75.9 Å². The minimum atomic E-state index is -0.295. The van der Waals surface area contributed by atoms with Crippen LogP contribution in [0.25, 0.3) is 0 Å². The van der Waals surface area contributed by atoms with E-state index in [9.17, 15) is 9.59 Å². The number of piperidine rings is 1. The van der Waals surface area contributed by atoms with Crippen LogP contribution in [0.15, 0.2) is 30.3 Å². The Hall–Kier alpha value is -1.63. The molecule has 3 rings (SSSR count). The van der Waals surface area contributed by atoms with Gasteiger partial charge >= 0.3 is 0 Å². The summed E-state index contributed by atoms with van der Waals surface area (Å²) in [5.74, 6) is 0.159. The highest BCUT2D eigenvalue weighted by Crippen LogP contribution is 2.23. The summed E-state index contributed by atoms with van der Waals surface area (Å²) in [6.45, 7) is 3.44. The van der Waals surface area contributed by atoms with E-state index < -0.39 is 0 Å². The Labute approximate surface area is 173 Å². The van der Waals surface area contributed by atoms with Gasteiger partial charge in [-0.25, -0.2) is 0 Å². The fourth-order valence-corrected chi connectivity index (χ4v) is 3.98. The van der Waals surface area contributed by atoms with Crippen molar-refractivity contribution in [2.45, 2.75) is 50.7 Å². The molecule has 1 atom stereocenters. The third-order valence-electron chi connectivity index (χ3n) is 5.51. The van der Waals surface area contributed by atoms with Crippen molar-refractivity contribution in [3.63, 3.8) is 0 Å². The van der Waals surface area contributed by atoms with Crippen LogP contribution in [0.5, 0.6) is 0 Å². The molecule has 0 aromatic heterocycles. The molecule has 0 saturated carbocycles. The molecule has 2 amide bonds. The lowest BCUT2D eigenvalue weighted by atomic mass is 10.1. The molecule has 2 aliphatic heterocycles. The minimum Gasteiger partial charge on any atom is -0.378 e. The number of carbonyl (C=O) groups is 2. The van der Waals surface area contributed by atoms with Gasteiger partial charge in [0.2, 0.25) is 11.8 Å². The first-order chi connectivity index (χ1) is 13.2. The molecule has 2 N–H and O–H groups in total. The highest BCUT2D eigenvalue weighted by atomic mass is 35.5. The third kappa shape index (κ3) is 5.93. The van der Waals surface area contributed by atoms with E-state index in [4.69, 9.17) is 10.5 Å². The summed E-state index contributed by atoms with van der Waals surface area (Å²) in [4.78, 5) is 29.5. The minimum absolute atomic E-state index is 0. The predicted octanol–water partition coefficient (Wildman–Crippen LogP) is 2.00. The van der Waals surface area contributed by atoms with Gasteiger partial charge in [0.1, 0.15) is 6.04 Å². The Balaban J connectivity index is 0.00000280. The Morgan fingerprint density at radius 2 is 1.79 bits per heavy atom.